The van der Waals surface area contributed by atoms with Gasteiger partial charge in [-0.05, 0) is 12.2 Å². The van der Waals surface area contributed by atoms with Crippen molar-refractivity contribution in [2.24, 2.45) is 4.99 Å². The van der Waals surface area contributed by atoms with Crippen LogP contribution < -0.4 is 10.6 Å². The molecule has 1 atom stereocenters. The van der Waals surface area contributed by atoms with Gasteiger partial charge < -0.3 is 15.7 Å². The van der Waals surface area contributed by atoms with Crippen molar-refractivity contribution >= 4 is 46.6 Å². The van der Waals surface area contributed by atoms with Crippen molar-refractivity contribution in [3.8, 4) is 0 Å². The first-order valence-electron chi connectivity index (χ1n) is 3.98. The van der Waals surface area contributed by atoms with Crippen LogP contribution in [0.4, 0.5) is 0 Å². The van der Waals surface area contributed by atoms with Crippen LogP contribution in [0.3, 0.4) is 0 Å². The van der Waals surface area contributed by atoms with Crippen molar-refractivity contribution in [2.75, 3.05) is 12.8 Å². The molecule has 1 aliphatic rings. The molecule has 3 N–H and O–H groups in total. The summed E-state index contributed by atoms with van der Waals surface area (Å²) in [5.74, 6) is -2.15. The van der Waals surface area contributed by atoms with Crippen molar-refractivity contribution in [1.82, 2.24) is 10.6 Å². The predicted octanol–water partition coefficient (Wildman–Crippen LogP) is -0.795. The Kier molecular flexibility index (Phi) is 4.04. The van der Waals surface area contributed by atoms with E-state index in [1.54, 1.807) is 7.05 Å². The Bertz CT molecular complexity index is 342. The highest BCUT2D eigenvalue weighted by molar-refractivity contribution is 8.01. The van der Waals surface area contributed by atoms with Crippen LogP contribution in [0, 0.1) is 0 Å². The van der Waals surface area contributed by atoms with Crippen LogP contribution in [0.15, 0.2) is 4.99 Å². The molecule has 0 fully saturated rings. The van der Waals surface area contributed by atoms with Gasteiger partial charge in [0.1, 0.15) is 5.71 Å². The number of carbonyl (C=O) groups is 2. The molecule has 0 spiro atoms. The molecule has 0 saturated carbocycles. The highest BCUT2D eigenvalue weighted by atomic mass is 32.2. The maximum Gasteiger partial charge on any atom is 0.378 e. The summed E-state index contributed by atoms with van der Waals surface area (Å²) in [6.07, 6.45) is 0. The Morgan fingerprint density at radius 1 is 1.67 bits per heavy atom. The van der Waals surface area contributed by atoms with Gasteiger partial charge in [0.2, 0.25) is 0 Å². The number of thioether (sulfide) groups is 1. The maximum absolute atomic E-state index is 11.0. The number of nitrogens with one attached hydrogen (secondary N) is 2. The molecule has 0 amide bonds. The number of carboxylic acid groups (broad SMARTS) is 1. The van der Waals surface area contributed by atoms with E-state index < -0.39 is 11.8 Å². The molecule has 1 rings (SSSR count). The van der Waals surface area contributed by atoms with Crippen LogP contribution in [0.25, 0.3) is 0 Å². The number of thiocarbonyl (C=S) groups is 1. The molecule has 0 aliphatic carbocycles. The maximum atomic E-state index is 11.0. The molecule has 8 heteroatoms. The van der Waals surface area contributed by atoms with Gasteiger partial charge in [-0.1, -0.05) is 0 Å². The summed E-state index contributed by atoms with van der Waals surface area (Å²) in [7, 11) is 1.65. The topological polar surface area (TPSA) is 90.8 Å². The second-order valence-corrected chi connectivity index (χ2v) is 4.07. The smallest absolute Gasteiger partial charge is 0.378 e. The zero-order valence-corrected chi connectivity index (χ0v) is 9.44. The minimum absolute atomic E-state index is 0.0592. The number of Topliss-reactive ketones (excluding diaryl/α,β-unsaturated/α-hetero) is 1. The summed E-state index contributed by atoms with van der Waals surface area (Å²) in [6, 6.07) is 0. The normalized spacial score (nSPS) is 19.3. The van der Waals surface area contributed by atoms with Crippen molar-refractivity contribution in [2.45, 2.75) is 5.50 Å². The summed E-state index contributed by atoms with van der Waals surface area (Å²) in [6.45, 7) is 0. The fourth-order valence-corrected chi connectivity index (χ4v) is 1.99. The van der Waals surface area contributed by atoms with Crippen molar-refractivity contribution in [3.05, 3.63) is 0 Å². The summed E-state index contributed by atoms with van der Waals surface area (Å²) in [4.78, 5) is 25.3. The zero-order chi connectivity index (χ0) is 11.4. The van der Waals surface area contributed by atoms with E-state index in [4.69, 9.17) is 17.3 Å². The third-order valence-electron chi connectivity index (χ3n) is 1.59. The number of hydrogen-bond acceptors (Lipinski definition) is 5. The van der Waals surface area contributed by atoms with E-state index in [9.17, 15) is 9.59 Å². The van der Waals surface area contributed by atoms with E-state index in [2.05, 4.69) is 15.6 Å². The van der Waals surface area contributed by atoms with Gasteiger partial charge in [-0.15, -0.1) is 11.8 Å². The number of nitrogens with zero attached hydrogens (tertiary/aromatic N) is 1. The first kappa shape index (κ1) is 11.9. The highest BCUT2D eigenvalue weighted by Gasteiger charge is 2.27. The van der Waals surface area contributed by atoms with Gasteiger partial charge in [0.05, 0.1) is 0 Å². The van der Waals surface area contributed by atoms with Crippen molar-refractivity contribution in [3.63, 3.8) is 0 Å². The molecule has 1 heterocycles. The van der Waals surface area contributed by atoms with Gasteiger partial charge in [-0.25, -0.2) is 9.79 Å². The first-order chi connectivity index (χ1) is 7.04. The second kappa shape index (κ2) is 5.08. The number of rotatable bonds is 3. The third kappa shape index (κ3) is 3.17. The lowest BCUT2D eigenvalue weighted by atomic mass is 10.3. The van der Waals surface area contributed by atoms with E-state index in [1.165, 1.54) is 11.8 Å². The average molecular weight is 247 g/mol. The number of aliphatic carboxylic acids is 1. The largest absolute Gasteiger partial charge is 0.475 e. The minimum Gasteiger partial charge on any atom is -0.475 e. The molecular weight excluding hydrogens is 238 g/mol. The highest BCUT2D eigenvalue weighted by Crippen LogP contribution is 2.18. The quantitative estimate of drug-likeness (QED) is 0.444. The van der Waals surface area contributed by atoms with Crippen LogP contribution in [0.5, 0.6) is 0 Å². The minimum atomic E-state index is -1.48. The lowest BCUT2D eigenvalue weighted by Crippen LogP contribution is -2.37. The molecule has 82 valence electrons. The SMILES string of the molecule is CNC(=S)NC1N=C(C(=O)C(=O)O)CS1. The molecular formula is C7H9N3O3S2. The van der Waals surface area contributed by atoms with E-state index in [0.29, 0.717) is 5.11 Å². The molecule has 0 aromatic rings. The van der Waals surface area contributed by atoms with Crippen LogP contribution >= 0.6 is 24.0 Å². The van der Waals surface area contributed by atoms with Gasteiger partial charge in [0.15, 0.2) is 10.6 Å². The predicted molar refractivity (Wildman–Crippen MR) is 61.1 cm³/mol. The second-order valence-electron chi connectivity index (χ2n) is 2.60. The Labute approximate surface area is 95.5 Å². The van der Waals surface area contributed by atoms with E-state index in [-0.39, 0.29) is 17.0 Å². The summed E-state index contributed by atoms with van der Waals surface area (Å²) in [5, 5.41) is 14.4. The van der Waals surface area contributed by atoms with Gasteiger partial charge in [-0.2, -0.15) is 0 Å². The van der Waals surface area contributed by atoms with Crippen molar-refractivity contribution in [1.29, 1.82) is 0 Å². The number of aliphatic imine (C=N–C) groups is 1. The number of hydrogen-bond donors (Lipinski definition) is 3. The fourth-order valence-electron chi connectivity index (χ4n) is 0.880. The number of ketones is 1. The number of carboxylic acids is 1. The Balaban J connectivity index is 2.58. The van der Waals surface area contributed by atoms with E-state index in [0.717, 1.165) is 0 Å². The van der Waals surface area contributed by atoms with Crippen molar-refractivity contribution < 1.29 is 14.7 Å². The molecule has 1 unspecified atom stereocenters. The fraction of sp³-hybridized carbons (Fsp3) is 0.429. The van der Waals surface area contributed by atoms with Gasteiger partial charge in [0, 0.05) is 12.8 Å². The summed E-state index contributed by atoms with van der Waals surface area (Å²) >= 11 is 6.16. The third-order valence-corrected chi connectivity index (χ3v) is 2.89. The molecule has 0 bridgehead atoms. The van der Waals surface area contributed by atoms with Crippen LogP contribution in [0.1, 0.15) is 0 Å². The molecule has 0 radical (unpaired) electrons. The van der Waals surface area contributed by atoms with E-state index in [1.807, 2.05) is 0 Å². The Hall–Kier alpha value is -1.15. The molecule has 0 saturated heterocycles. The summed E-state index contributed by atoms with van der Waals surface area (Å²) < 4.78 is 0. The van der Waals surface area contributed by atoms with Crippen LogP contribution in [0.2, 0.25) is 0 Å². The zero-order valence-electron chi connectivity index (χ0n) is 7.81. The lowest BCUT2D eigenvalue weighted by Gasteiger charge is -2.09. The molecule has 0 aromatic carbocycles. The van der Waals surface area contributed by atoms with E-state index >= 15 is 0 Å². The van der Waals surface area contributed by atoms with Gasteiger partial charge in [0.25, 0.3) is 5.78 Å². The molecule has 0 aromatic heterocycles. The van der Waals surface area contributed by atoms with Crippen LogP contribution in [-0.4, -0.2) is 46.0 Å². The summed E-state index contributed by atoms with van der Waals surface area (Å²) in [5.41, 5.74) is -0.327. The first-order valence-corrected chi connectivity index (χ1v) is 5.44. The Morgan fingerprint density at radius 2 is 2.33 bits per heavy atom. The number of carbonyl (C=O) groups excluding carboxylic acids is 1. The molecule has 1 aliphatic heterocycles. The molecule has 6 nitrogen and oxygen atoms in total. The van der Waals surface area contributed by atoms with Crippen LogP contribution in [-0.2, 0) is 9.59 Å². The molecule has 15 heavy (non-hydrogen) atoms. The monoisotopic (exact) mass is 247 g/mol. The van der Waals surface area contributed by atoms with Gasteiger partial charge >= 0.3 is 5.97 Å². The lowest BCUT2D eigenvalue weighted by molar-refractivity contribution is -0.145. The Morgan fingerprint density at radius 3 is 2.87 bits per heavy atom. The van der Waals surface area contributed by atoms with Gasteiger partial charge in [-0.3, -0.25) is 4.79 Å². The average Bonchev–Trinajstić information content (AvgIpc) is 2.64. The standard InChI is InChI=1S/C7H9N3O3S2/c1-8-6(14)10-7-9-3(2-15-7)4(11)5(12)13/h7H,2H2,1H3,(H,12,13)(H2,8,10,14).